The predicted octanol–water partition coefficient (Wildman–Crippen LogP) is 4.84. The molecule has 0 bridgehead atoms. The molecular formula is C22H23BClNO4. The number of nitriles is 1. The van der Waals surface area contributed by atoms with Crippen LogP contribution in [0.15, 0.2) is 36.4 Å². The van der Waals surface area contributed by atoms with Crippen LogP contribution < -0.4 is 14.9 Å². The second-order valence-electron chi connectivity index (χ2n) is 8.47. The lowest BCUT2D eigenvalue weighted by Gasteiger charge is -2.32. The first-order valence-electron chi connectivity index (χ1n) is 9.72. The van der Waals surface area contributed by atoms with Crippen LogP contribution >= 0.6 is 11.6 Å². The van der Waals surface area contributed by atoms with Crippen molar-refractivity contribution in [2.24, 2.45) is 0 Å². The van der Waals surface area contributed by atoms with E-state index in [4.69, 9.17) is 30.4 Å². The molecule has 0 spiro atoms. The summed E-state index contributed by atoms with van der Waals surface area (Å²) in [5, 5.41) is 9.81. The number of ether oxygens (including phenoxy) is 2. The maximum atomic E-state index is 9.44. The van der Waals surface area contributed by atoms with Gasteiger partial charge in [0, 0.05) is 12.1 Å². The Hall–Kier alpha value is -2.20. The molecule has 1 heterocycles. The van der Waals surface area contributed by atoms with Gasteiger partial charge in [-0.3, -0.25) is 0 Å². The molecule has 4 rings (SSSR count). The lowest BCUT2D eigenvalue weighted by atomic mass is 9.79. The minimum absolute atomic E-state index is 0.161. The summed E-state index contributed by atoms with van der Waals surface area (Å²) in [6.07, 6.45) is 2.15. The third-order valence-corrected chi connectivity index (χ3v) is 5.87. The Morgan fingerprint density at radius 3 is 2.21 bits per heavy atom. The first-order valence-corrected chi connectivity index (χ1v) is 10.1. The Morgan fingerprint density at radius 2 is 1.66 bits per heavy atom. The van der Waals surface area contributed by atoms with Gasteiger partial charge in [-0.05, 0) is 58.1 Å². The van der Waals surface area contributed by atoms with Gasteiger partial charge in [-0.15, -0.1) is 0 Å². The molecule has 2 aromatic rings. The second-order valence-corrected chi connectivity index (χ2v) is 8.88. The molecule has 0 amide bonds. The highest BCUT2D eigenvalue weighted by Gasteiger charge is 2.51. The summed E-state index contributed by atoms with van der Waals surface area (Å²) in [7, 11) is -0.424. The van der Waals surface area contributed by atoms with Gasteiger partial charge in [0.2, 0.25) is 0 Å². The zero-order chi connectivity index (χ0) is 20.8. The molecule has 0 unspecified atom stereocenters. The summed E-state index contributed by atoms with van der Waals surface area (Å²) >= 11 is 6.33. The van der Waals surface area contributed by atoms with Gasteiger partial charge >= 0.3 is 7.12 Å². The molecule has 2 aliphatic rings. The summed E-state index contributed by atoms with van der Waals surface area (Å²) in [5.74, 6) is 1.54. The van der Waals surface area contributed by atoms with E-state index in [0.29, 0.717) is 27.8 Å². The fourth-order valence-corrected chi connectivity index (χ4v) is 3.24. The van der Waals surface area contributed by atoms with E-state index in [2.05, 4.69) is 6.07 Å². The fourth-order valence-electron chi connectivity index (χ4n) is 2.99. The molecule has 150 valence electrons. The lowest BCUT2D eigenvalue weighted by molar-refractivity contribution is 0.00578. The number of hydrogen-bond acceptors (Lipinski definition) is 5. The Bertz CT molecular complexity index is 948. The Kier molecular flexibility index (Phi) is 5.02. The number of benzene rings is 2. The highest BCUT2D eigenvalue weighted by molar-refractivity contribution is 6.62. The molecule has 7 heteroatoms. The molecule has 2 aromatic carbocycles. The first-order chi connectivity index (χ1) is 13.7. The number of nitrogens with zero attached hydrogens (tertiary/aromatic N) is 1. The maximum Gasteiger partial charge on any atom is 0.494 e. The molecule has 0 atom stereocenters. The van der Waals surface area contributed by atoms with Crippen LogP contribution in [0.3, 0.4) is 0 Å². The van der Waals surface area contributed by atoms with E-state index in [9.17, 15) is 5.26 Å². The van der Waals surface area contributed by atoms with Crippen molar-refractivity contribution in [3.8, 4) is 23.3 Å². The van der Waals surface area contributed by atoms with Crippen LogP contribution in [0.2, 0.25) is 5.02 Å². The van der Waals surface area contributed by atoms with E-state index in [-0.39, 0.29) is 17.3 Å². The van der Waals surface area contributed by atoms with E-state index in [1.54, 1.807) is 12.1 Å². The Morgan fingerprint density at radius 1 is 1.03 bits per heavy atom. The zero-order valence-corrected chi connectivity index (χ0v) is 17.7. The molecule has 1 saturated heterocycles. The topological polar surface area (TPSA) is 60.7 Å². The number of rotatable bonds is 5. The molecule has 1 aliphatic carbocycles. The van der Waals surface area contributed by atoms with Gasteiger partial charge in [-0.25, -0.2) is 0 Å². The standard InChI is InChI=1S/C22H23BClNO4/c1-21(2)22(3,4)29-23(28-21)15-5-7-16(8-6-15)26-18-11-14(13-25)20(19(24)12-18)27-17-9-10-17/h5-8,11-12,17H,9-10H2,1-4H3. The minimum Gasteiger partial charge on any atom is -0.487 e. The smallest absolute Gasteiger partial charge is 0.487 e. The fraction of sp³-hybridized carbons (Fsp3) is 0.409. The van der Waals surface area contributed by atoms with Crippen LogP contribution in [-0.4, -0.2) is 24.4 Å². The molecule has 1 aliphatic heterocycles. The summed E-state index contributed by atoms with van der Waals surface area (Å²) < 4.78 is 23.8. The predicted molar refractivity (Wildman–Crippen MR) is 112 cm³/mol. The Balaban J connectivity index is 1.49. The molecule has 0 aromatic heterocycles. The van der Waals surface area contributed by atoms with Crippen molar-refractivity contribution in [2.75, 3.05) is 0 Å². The van der Waals surface area contributed by atoms with Crippen LogP contribution in [0, 0.1) is 11.3 Å². The molecular weight excluding hydrogens is 389 g/mol. The van der Waals surface area contributed by atoms with Gasteiger partial charge in [0.15, 0.2) is 5.75 Å². The van der Waals surface area contributed by atoms with Gasteiger partial charge in [-0.2, -0.15) is 5.26 Å². The van der Waals surface area contributed by atoms with E-state index < -0.39 is 7.12 Å². The number of hydrogen-bond donors (Lipinski definition) is 0. The highest BCUT2D eigenvalue weighted by Crippen LogP contribution is 2.39. The molecule has 29 heavy (non-hydrogen) atoms. The third-order valence-electron chi connectivity index (χ3n) is 5.59. The quantitative estimate of drug-likeness (QED) is 0.659. The van der Waals surface area contributed by atoms with E-state index >= 15 is 0 Å². The first kappa shape index (κ1) is 20.1. The minimum atomic E-state index is -0.424. The van der Waals surface area contributed by atoms with Gasteiger partial charge in [0.05, 0.1) is 27.9 Å². The van der Waals surface area contributed by atoms with Crippen molar-refractivity contribution in [3.63, 3.8) is 0 Å². The lowest BCUT2D eigenvalue weighted by Crippen LogP contribution is -2.41. The molecule has 0 radical (unpaired) electrons. The van der Waals surface area contributed by atoms with E-state index in [1.807, 2.05) is 52.0 Å². The normalized spacial score (nSPS) is 19.7. The van der Waals surface area contributed by atoms with Crippen molar-refractivity contribution >= 4 is 24.2 Å². The van der Waals surface area contributed by atoms with Crippen molar-refractivity contribution < 1.29 is 18.8 Å². The number of halogens is 1. The summed E-state index contributed by atoms with van der Waals surface area (Å²) in [5.41, 5.74) is 0.511. The molecule has 0 N–H and O–H groups in total. The summed E-state index contributed by atoms with van der Waals surface area (Å²) in [4.78, 5) is 0. The van der Waals surface area contributed by atoms with Crippen LogP contribution in [0.4, 0.5) is 0 Å². The summed E-state index contributed by atoms with van der Waals surface area (Å²) in [6, 6.07) is 13.0. The maximum absolute atomic E-state index is 9.44. The average Bonchev–Trinajstić information content (AvgIpc) is 3.43. The van der Waals surface area contributed by atoms with Crippen molar-refractivity contribution in [2.45, 2.75) is 57.8 Å². The van der Waals surface area contributed by atoms with Gasteiger partial charge < -0.3 is 18.8 Å². The van der Waals surface area contributed by atoms with E-state index in [1.165, 1.54) is 0 Å². The average molecular weight is 412 g/mol. The van der Waals surface area contributed by atoms with Crippen LogP contribution in [0.25, 0.3) is 0 Å². The van der Waals surface area contributed by atoms with Gasteiger partial charge in [0.25, 0.3) is 0 Å². The zero-order valence-electron chi connectivity index (χ0n) is 17.0. The van der Waals surface area contributed by atoms with Crippen molar-refractivity contribution in [1.29, 1.82) is 5.26 Å². The van der Waals surface area contributed by atoms with Gasteiger partial charge in [-0.1, -0.05) is 23.7 Å². The third kappa shape index (κ3) is 4.09. The van der Waals surface area contributed by atoms with Crippen LogP contribution in [-0.2, 0) is 9.31 Å². The van der Waals surface area contributed by atoms with E-state index in [0.717, 1.165) is 18.3 Å². The van der Waals surface area contributed by atoms with Crippen LogP contribution in [0.5, 0.6) is 17.2 Å². The second kappa shape index (κ2) is 7.25. The Labute approximate surface area is 176 Å². The van der Waals surface area contributed by atoms with Crippen molar-refractivity contribution in [1.82, 2.24) is 0 Å². The van der Waals surface area contributed by atoms with Gasteiger partial charge in [0.1, 0.15) is 17.6 Å². The molecule has 1 saturated carbocycles. The van der Waals surface area contributed by atoms with Crippen molar-refractivity contribution in [3.05, 3.63) is 47.0 Å². The molecule has 5 nitrogen and oxygen atoms in total. The monoisotopic (exact) mass is 411 g/mol. The largest absolute Gasteiger partial charge is 0.494 e. The van der Waals surface area contributed by atoms with Crippen LogP contribution in [0.1, 0.15) is 46.1 Å². The SMILES string of the molecule is CC1(C)OB(c2ccc(Oc3cc(Cl)c(OC4CC4)c(C#N)c3)cc2)OC1(C)C. The molecule has 2 fully saturated rings. The highest BCUT2D eigenvalue weighted by atomic mass is 35.5. The summed E-state index contributed by atoms with van der Waals surface area (Å²) in [6.45, 7) is 8.10.